The molecule has 0 radical (unpaired) electrons. The van der Waals surface area contributed by atoms with Crippen molar-refractivity contribution in [1.82, 2.24) is 10.6 Å². The van der Waals surface area contributed by atoms with Crippen LogP contribution in [0, 0.1) is 0 Å². The van der Waals surface area contributed by atoms with E-state index in [1.54, 1.807) is 6.08 Å². The van der Waals surface area contributed by atoms with Gasteiger partial charge in [-0.2, -0.15) is 0 Å². The molecule has 0 rings (SSSR count). The van der Waals surface area contributed by atoms with Crippen molar-refractivity contribution in [2.24, 2.45) is 0 Å². The number of hydrogen-bond acceptors (Lipinski definition) is 4. The molecule has 0 aliphatic carbocycles. The van der Waals surface area contributed by atoms with Crippen LogP contribution in [-0.4, -0.2) is 47.2 Å². The Kier molecular flexibility index (Phi) is 8.21. The normalized spacial score (nSPS) is 11.6. The standard InChI is InChI=1S/C11H18N2O5/c1-2-6-12-7-9(14)13-8(11(17)18)4-3-5-10(15)16/h2,8,12H,1,3-7H2,(H,13,14)(H,15,16)(H,17,18)/t8-/m1/s1. The molecule has 0 unspecified atom stereocenters. The molecule has 0 aliphatic rings. The van der Waals surface area contributed by atoms with Gasteiger partial charge in [0, 0.05) is 13.0 Å². The smallest absolute Gasteiger partial charge is 0.326 e. The molecule has 4 N–H and O–H groups in total. The van der Waals surface area contributed by atoms with Gasteiger partial charge in [0.2, 0.25) is 5.91 Å². The summed E-state index contributed by atoms with van der Waals surface area (Å²) in [6, 6.07) is -1.05. The highest BCUT2D eigenvalue weighted by Crippen LogP contribution is 2.01. The highest BCUT2D eigenvalue weighted by molar-refractivity contribution is 5.84. The molecular formula is C11H18N2O5. The Bertz CT molecular complexity index is 317. The average Bonchev–Trinajstić information content (AvgIpc) is 2.27. The van der Waals surface area contributed by atoms with Crippen LogP contribution in [0.15, 0.2) is 12.7 Å². The Morgan fingerprint density at radius 2 is 1.94 bits per heavy atom. The van der Waals surface area contributed by atoms with Gasteiger partial charge >= 0.3 is 11.9 Å². The van der Waals surface area contributed by atoms with Crippen LogP contribution in [0.2, 0.25) is 0 Å². The minimum atomic E-state index is -1.17. The molecule has 0 aromatic rings. The van der Waals surface area contributed by atoms with Gasteiger partial charge in [0.05, 0.1) is 6.54 Å². The fourth-order valence-corrected chi connectivity index (χ4v) is 1.25. The van der Waals surface area contributed by atoms with Gasteiger partial charge in [-0.05, 0) is 12.8 Å². The lowest BCUT2D eigenvalue weighted by Crippen LogP contribution is -2.44. The number of carboxylic acids is 2. The molecule has 0 bridgehead atoms. The van der Waals surface area contributed by atoms with Crippen molar-refractivity contribution in [2.75, 3.05) is 13.1 Å². The Balaban J connectivity index is 4.02. The lowest BCUT2D eigenvalue weighted by atomic mass is 10.1. The number of amides is 1. The van der Waals surface area contributed by atoms with E-state index in [1.807, 2.05) is 0 Å². The molecule has 0 heterocycles. The molecule has 0 saturated carbocycles. The van der Waals surface area contributed by atoms with Crippen LogP contribution >= 0.6 is 0 Å². The first-order valence-electron chi connectivity index (χ1n) is 5.53. The summed E-state index contributed by atoms with van der Waals surface area (Å²) in [5.41, 5.74) is 0. The molecule has 7 nitrogen and oxygen atoms in total. The molecule has 102 valence electrons. The van der Waals surface area contributed by atoms with Crippen molar-refractivity contribution >= 4 is 17.8 Å². The van der Waals surface area contributed by atoms with E-state index in [2.05, 4.69) is 17.2 Å². The van der Waals surface area contributed by atoms with Crippen molar-refractivity contribution in [3.63, 3.8) is 0 Å². The van der Waals surface area contributed by atoms with Crippen LogP contribution in [0.3, 0.4) is 0 Å². The van der Waals surface area contributed by atoms with Crippen LogP contribution in [-0.2, 0) is 14.4 Å². The van der Waals surface area contributed by atoms with E-state index in [9.17, 15) is 14.4 Å². The molecular weight excluding hydrogens is 240 g/mol. The summed E-state index contributed by atoms with van der Waals surface area (Å²) in [5.74, 6) is -2.60. The van der Waals surface area contributed by atoms with Crippen LogP contribution in [0.25, 0.3) is 0 Å². The highest BCUT2D eigenvalue weighted by Gasteiger charge is 2.19. The van der Waals surface area contributed by atoms with Crippen molar-refractivity contribution < 1.29 is 24.6 Å². The molecule has 0 fully saturated rings. The average molecular weight is 258 g/mol. The molecule has 0 aromatic carbocycles. The molecule has 0 aromatic heterocycles. The van der Waals surface area contributed by atoms with Gasteiger partial charge in [0.1, 0.15) is 6.04 Å². The van der Waals surface area contributed by atoms with Gasteiger partial charge in [0.15, 0.2) is 0 Å². The second kappa shape index (κ2) is 9.17. The van der Waals surface area contributed by atoms with Crippen molar-refractivity contribution in [3.05, 3.63) is 12.7 Å². The maximum absolute atomic E-state index is 11.3. The van der Waals surface area contributed by atoms with E-state index in [-0.39, 0.29) is 25.8 Å². The molecule has 1 atom stereocenters. The third-order valence-electron chi connectivity index (χ3n) is 2.09. The van der Waals surface area contributed by atoms with Crippen LogP contribution in [0.5, 0.6) is 0 Å². The van der Waals surface area contributed by atoms with E-state index < -0.39 is 23.9 Å². The zero-order chi connectivity index (χ0) is 14.0. The van der Waals surface area contributed by atoms with Gasteiger partial charge in [-0.3, -0.25) is 9.59 Å². The SMILES string of the molecule is C=CCNCC(=O)N[C@H](CCCC(=O)O)C(=O)O. The Morgan fingerprint density at radius 3 is 2.44 bits per heavy atom. The zero-order valence-electron chi connectivity index (χ0n) is 10.0. The second-order valence-electron chi connectivity index (χ2n) is 3.66. The minimum absolute atomic E-state index is 0.00523. The second-order valence-corrected chi connectivity index (χ2v) is 3.66. The number of carboxylic acid groups (broad SMARTS) is 2. The fraction of sp³-hybridized carbons (Fsp3) is 0.545. The minimum Gasteiger partial charge on any atom is -0.481 e. The predicted octanol–water partition coefficient (Wildman–Crippen LogP) is -0.414. The van der Waals surface area contributed by atoms with E-state index in [1.165, 1.54) is 0 Å². The summed E-state index contributed by atoms with van der Waals surface area (Å²) >= 11 is 0. The van der Waals surface area contributed by atoms with Gasteiger partial charge in [-0.15, -0.1) is 6.58 Å². The number of rotatable bonds is 10. The first kappa shape index (κ1) is 16.1. The number of carbonyl (C=O) groups is 3. The number of hydrogen-bond donors (Lipinski definition) is 4. The van der Waals surface area contributed by atoms with E-state index in [4.69, 9.17) is 10.2 Å². The first-order valence-corrected chi connectivity index (χ1v) is 5.53. The monoisotopic (exact) mass is 258 g/mol. The lowest BCUT2D eigenvalue weighted by molar-refractivity contribution is -0.142. The molecule has 0 saturated heterocycles. The quantitative estimate of drug-likeness (QED) is 0.312. The summed E-state index contributed by atoms with van der Waals surface area (Å²) in [5, 5.41) is 22.4. The number of nitrogens with one attached hydrogen (secondary N) is 2. The van der Waals surface area contributed by atoms with Gasteiger partial charge in [0.25, 0.3) is 0 Å². The molecule has 0 aliphatic heterocycles. The van der Waals surface area contributed by atoms with Crippen LogP contribution in [0.1, 0.15) is 19.3 Å². The summed E-state index contributed by atoms with van der Waals surface area (Å²) in [6.45, 7) is 3.90. The topological polar surface area (TPSA) is 116 Å². The van der Waals surface area contributed by atoms with E-state index >= 15 is 0 Å². The predicted molar refractivity (Wildman–Crippen MR) is 64.1 cm³/mol. The molecule has 18 heavy (non-hydrogen) atoms. The van der Waals surface area contributed by atoms with Crippen molar-refractivity contribution in [3.8, 4) is 0 Å². The first-order chi connectivity index (χ1) is 8.47. The van der Waals surface area contributed by atoms with Crippen molar-refractivity contribution in [1.29, 1.82) is 0 Å². The van der Waals surface area contributed by atoms with Crippen molar-refractivity contribution in [2.45, 2.75) is 25.3 Å². The fourth-order valence-electron chi connectivity index (χ4n) is 1.25. The third kappa shape index (κ3) is 8.28. The largest absolute Gasteiger partial charge is 0.481 e. The third-order valence-corrected chi connectivity index (χ3v) is 2.09. The van der Waals surface area contributed by atoms with Gasteiger partial charge < -0.3 is 20.8 Å². The zero-order valence-corrected chi connectivity index (χ0v) is 10.0. The Labute approximate surface area is 105 Å². The number of carbonyl (C=O) groups excluding carboxylic acids is 1. The summed E-state index contributed by atoms with van der Waals surface area (Å²) < 4.78 is 0. The maximum atomic E-state index is 11.3. The Hall–Kier alpha value is -1.89. The van der Waals surface area contributed by atoms with Crippen LogP contribution in [0.4, 0.5) is 0 Å². The number of aliphatic carboxylic acids is 2. The van der Waals surface area contributed by atoms with Gasteiger partial charge in [-0.25, -0.2) is 4.79 Å². The van der Waals surface area contributed by atoms with Crippen LogP contribution < -0.4 is 10.6 Å². The summed E-state index contributed by atoms with van der Waals surface area (Å²) in [4.78, 5) is 32.5. The van der Waals surface area contributed by atoms with Gasteiger partial charge in [-0.1, -0.05) is 6.08 Å². The highest BCUT2D eigenvalue weighted by atomic mass is 16.4. The maximum Gasteiger partial charge on any atom is 0.326 e. The molecule has 1 amide bonds. The molecule has 0 spiro atoms. The summed E-state index contributed by atoms with van der Waals surface area (Å²) in [7, 11) is 0. The lowest BCUT2D eigenvalue weighted by Gasteiger charge is -2.14. The summed E-state index contributed by atoms with van der Waals surface area (Å²) in [6.07, 6.45) is 1.75. The van der Waals surface area contributed by atoms with E-state index in [0.717, 1.165) is 0 Å². The molecule has 7 heteroatoms. The van der Waals surface area contributed by atoms with E-state index in [0.29, 0.717) is 6.54 Å². The Morgan fingerprint density at radius 1 is 1.28 bits per heavy atom.